The van der Waals surface area contributed by atoms with Crippen LogP contribution < -0.4 is 10.1 Å². The summed E-state index contributed by atoms with van der Waals surface area (Å²) in [6, 6.07) is 16.9. The minimum Gasteiger partial charge on any atom is -0.485 e. The number of ether oxygens (including phenoxy) is 1. The fourth-order valence-corrected chi connectivity index (χ4v) is 3.35. The van der Waals surface area contributed by atoms with Crippen LogP contribution in [0.5, 0.6) is 5.75 Å². The molecule has 0 aliphatic rings. The summed E-state index contributed by atoms with van der Waals surface area (Å²) in [5.74, 6) is 1.43. The van der Waals surface area contributed by atoms with Crippen molar-refractivity contribution in [3.8, 4) is 5.75 Å². The summed E-state index contributed by atoms with van der Waals surface area (Å²) in [4.78, 5) is 14.9. The molecule has 31 heavy (non-hydrogen) atoms. The van der Waals surface area contributed by atoms with E-state index in [1.54, 1.807) is 12.1 Å². The van der Waals surface area contributed by atoms with Gasteiger partial charge in [0.2, 0.25) is 0 Å². The highest BCUT2D eigenvalue weighted by atomic mass is 35.5. The maximum atomic E-state index is 12.8. The molecule has 0 fully saturated rings. The summed E-state index contributed by atoms with van der Waals surface area (Å²) in [5.41, 5.74) is 3.19. The SMILES string of the molecule is Cc1ccc(C)c(OCc2ccc(C(=O)NC(CCN(C)C)c3ccc(Cl)cc3)o2)c1. The van der Waals surface area contributed by atoms with Crippen molar-refractivity contribution < 1.29 is 13.9 Å². The maximum Gasteiger partial charge on any atom is 0.287 e. The van der Waals surface area contributed by atoms with Gasteiger partial charge in [-0.3, -0.25) is 4.79 Å². The Morgan fingerprint density at radius 2 is 1.84 bits per heavy atom. The van der Waals surface area contributed by atoms with Crippen molar-refractivity contribution in [2.45, 2.75) is 32.9 Å². The zero-order valence-corrected chi connectivity index (χ0v) is 19.2. The lowest BCUT2D eigenvalue weighted by Gasteiger charge is -2.21. The molecule has 1 N–H and O–H groups in total. The van der Waals surface area contributed by atoms with Crippen molar-refractivity contribution in [2.24, 2.45) is 0 Å². The number of furan rings is 1. The number of rotatable bonds is 9. The van der Waals surface area contributed by atoms with E-state index in [-0.39, 0.29) is 24.3 Å². The molecule has 164 valence electrons. The van der Waals surface area contributed by atoms with Crippen molar-refractivity contribution >= 4 is 17.5 Å². The molecule has 6 heteroatoms. The summed E-state index contributed by atoms with van der Waals surface area (Å²) >= 11 is 6.02. The molecular weight excluding hydrogens is 412 g/mol. The van der Waals surface area contributed by atoms with E-state index in [9.17, 15) is 4.79 Å². The number of amides is 1. The van der Waals surface area contributed by atoms with Gasteiger partial charge in [-0.05, 0) is 87.9 Å². The molecule has 0 bridgehead atoms. The van der Waals surface area contributed by atoms with E-state index in [1.165, 1.54) is 0 Å². The second-order valence-corrected chi connectivity index (χ2v) is 8.43. The lowest BCUT2D eigenvalue weighted by atomic mass is 10.0. The van der Waals surface area contributed by atoms with Crippen LogP contribution in [-0.4, -0.2) is 31.4 Å². The summed E-state index contributed by atoms with van der Waals surface area (Å²) in [6.45, 7) is 5.12. The second kappa shape index (κ2) is 10.5. The first kappa shape index (κ1) is 22.9. The smallest absolute Gasteiger partial charge is 0.287 e. The Hall–Kier alpha value is -2.76. The van der Waals surface area contributed by atoms with Gasteiger partial charge in [-0.25, -0.2) is 0 Å². The van der Waals surface area contributed by atoms with E-state index < -0.39 is 0 Å². The molecule has 5 nitrogen and oxygen atoms in total. The zero-order valence-electron chi connectivity index (χ0n) is 18.4. The van der Waals surface area contributed by atoms with E-state index in [0.29, 0.717) is 10.8 Å². The van der Waals surface area contributed by atoms with Gasteiger partial charge in [-0.1, -0.05) is 35.9 Å². The molecule has 1 aromatic heterocycles. The number of halogens is 1. The number of carbonyl (C=O) groups excluding carboxylic acids is 1. The Morgan fingerprint density at radius 1 is 1.10 bits per heavy atom. The first-order valence-electron chi connectivity index (χ1n) is 10.3. The third kappa shape index (κ3) is 6.61. The Balaban J connectivity index is 1.66. The average molecular weight is 441 g/mol. The second-order valence-electron chi connectivity index (χ2n) is 7.99. The number of benzene rings is 2. The Kier molecular flexibility index (Phi) is 7.77. The number of aryl methyl sites for hydroxylation is 2. The van der Waals surface area contributed by atoms with Crippen molar-refractivity contribution in [1.82, 2.24) is 10.2 Å². The van der Waals surface area contributed by atoms with Crippen LogP contribution in [0.3, 0.4) is 0 Å². The monoisotopic (exact) mass is 440 g/mol. The van der Waals surface area contributed by atoms with Gasteiger partial charge in [0, 0.05) is 5.02 Å². The predicted molar refractivity (Wildman–Crippen MR) is 124 cm³/mol. The molecule has 1 heterocycles. The summed E-state index contributed by atoms with van der Waals surface area (Å²) in [7, 11) is 4.02. The lowest BCUT2D eigenvalue weighted by Crippen LogP contribution is -2.30. The highest BCUT2D eigenvalue weighted by Gasteiger charge is 2.19. The molecule has 0 aliphatic carbocycles. The largest absolute Gasteiger partial charge is 0.485 e. The lowest BCUT2D eigenvalue weighted by molar-refractivity contribution is 0.0900. The van der Waals surface area contributed by atoms with E-state index in [0.717, 1.165) is 35.4 Å². The maximum absolute atomic E-state index is 12.8. The Morgan fingerprint density at radius 3 is 2.55 bits per heavy atom. The fourth-order valence-electron chi connectivity index (χ4n) is 3.22. The third-order valence-corrected chi connectivity index (χ3v) is 5.29. The topological polar surface area (TPSA) is 54.7 Å². The molecule has 0 saturated heterocycles. The van der Waals surface area contributed by atoms with Crippen molar-refractivity contribution in [1.29, 1.82) is 0 Å². The first-order chi connectivity index (χ1) is 14.8. The standard InChI is InChI=1S/C25H29ClN2O3/c1-17-5-6-18(2)24(15-17)30-16-21-11-12-23(31-21)25(29)27-22(13-14-28(3)4)19-7-9-20(26)10-8-19/h5-12,15,22H,13-14,16H2,1-4H3,(H,27,29). The number of hydrogen-bond donors (Lipinski definition) is 1. The van der Waals surface area contributed by atoms with Gasteiger partial charge in [0.1, 0.15) is 18.1 Å². The van der Waals surface area contributed by atoms with Crippen LogP contribution in [0.4, 0.5) is 0 Å². The summed E-state index contributed by atoms with van der Waals surface area (Å²) < 4.78 is 11.6. The number of hydrogen-bond acceptors (Lipinski definition) is 4. The molecule has 1 unspecified atom stereocenters. The van der Waals surface area contributed by atoms with Crippen LogP contribution in [0, 0.1) is 13.8 Å². The highest BCUT2D eigenvalue weighted by Crippen LogP contribution is 2.23. The minimum atomic E-state index is -0.253. The van der Waals surface area contributed by atoms with Gasteiger partial charge < -0.3 is 19.4 Å². The van der Waals surface area contributed by atoms with Crippen LogP contribution in [0.15, 0.2) is 59.0 Å². The molecule has 3 rings (SSSR count). The Labute approximate surface area is 189 Å². The van der Waals surface area contributed by atoms with Gasteiger partial charge in [-0.15, -0.1) is 0 Å². The molecular formula is C25H29ClN2O3. The summed E-state index contributed by atoms with van der Waals surface area (Å²) in [5, 5.41) is 3.75. The number of carbonyl (C=O) groups is 1. The molecule has 0 radical (unpaired) electrons. The average Bonchev–Trinajstić information content (AvgIpc) is 3.21. The van der Waals surface area contributed by atoms with Gasteiger partial charge in [0.05, 0.1) is 6.04 Å². The van der Waals surface area contributed by atoms with Crippen LogP contribution >= 0.6 is 11.6 Å². The van der Waals surface area contributed by atoms with Crippen LogP contribution in [-0.2, 0) is 6.61 Å². The molecule has 2 aromatic carbocycles. The number of nitrogens with one attached hydrogen (secondary N) is 1. The third-order valence-electron chi connectivity index (χ3n) is 5.04. The minimum absolute atomic E-state index is 0.146. The quantitative estimate of drug-likeness (QED) is 0.473. The van der Waals surface area contributed by atoms with Crippen LogP contribution in [0.2, 0.25) is 5.02 Å². The van der Waals surface area contributed by atoms with Gasteiger partial charge in [-0.2, -0.15) is 0 Å². The van der Waals surface area contributed by atoms with Gasteiger partial charge in [0.25, 0.3) is 5.91 Å². The first-order valence-corrected chi connectivity index (χ1v) is 10.7. The van der Waals surface area contributed by atoms with Gasteiger partial charge in [0.15, 0.2) is 5.76 Å². The molecule has 0 aliphatic heterocycles. The number of nitrogens with zero attached hydrogens (tertiary/aromatic N) is 1. The molecule has 1 amide bonds. The normalized spacial score (nSPS) is 12.1. The van der Waals surface area contributed by atoms with E-state index in [1.807, 2.05) is 70.4 Å². The Bertz CT molecular complexity index is 1010. The van der Waals surface area contributed by atoms with E-state index in [4.69, 9.17) is 20.8 Å². The van der Waals surface area contributed by atoms with Crippen molar-refractivity contribution in [3.63, 3.8) is 0 Å². The predicted octanol–water partition coefficient (Wildman–Crippen LogP) is 5.55. The molecule has 1 atom stereocenters. The highest BCUT2D eigenvalue weighted by molar-refractivity contribution is 6.30. The van der Waals surface area contributed by atoms with Crippen LogP contribution in [0.1, 0.15) is 45.5 Å². The molecule has 3 aromatic rings. The molecule has 0 spiro atoms. The zero-order chi connectivity index (χ0) is 22.4. The molecule has 0 saturated carbocycles. The van der Waals surface area contributed by atoms with E-state index >= 15 is 0 Å². The van der Waals surface area contributed by atoms with E-state index in [2.05, 4.69) is 10.2 Å². The summed E-state index contributed by atoms with van der Waals surface area (Å²) in [6.07, 6.45) is 0.768. The van der Waals surface area contributed by atoms with Gasteiger partial charge >= 0.3 is 0 Å². The van der Waals surface area contributed by atoms with Crippen molar-refractivity contribution in [2.75, 3.05) is 20.6 Å². The fraction of sp³-hybridized carbons (Fsp3) is 0.320. The van der Waals surface area contributed by atoms with Crippen LogP contribution in [0.25, 0.3) is 0 Å². The van der Waals surface area contributed by atoms with Crippen molar-refractivity contribution in [3.05, 3.63) is 87.8 Å².